The van der Waals surface area contributed by atoms with Gasteiger partial charge >= 0.3 is 6.03 Å². The zero-order valence-corrected chi connectivity index (χ0v) is 16.0. The number of anilines is 1. The van der Waals surface area contributed by atoms with Crippen LogP contribution in [0.1, 0.15) is 47.9 Å². The van der Waals surface area contributed by atoms with Crippen molar-refractivity contribution in [1.29, 1.82) is 5.41 Å². The van der Waals surface area contributed by atoms with Crippen molar-refractivity contribution >= 4 is 17.4 Å². The number of rotatable bonds is 6. The van der Waals surface area contributed by atoms with Crippen molar-refractivity contribution < 1.29 is 9.53 Å². The van der Waals surface area contributed by atoms with Crippen molar-refractivity contribution in [1.82, 2.24) is 5.01 Å². The molecule has 1 aliphatic rings. The SMILES string of the molecule is CC(=N)c1ccc(OCc2c(NC(=O)N(C)N)cccc2C2CC2)c(C)c1. The van der Waals surface area contributed by atoms with E-state index in [9.17, 15) is 4.79 Å². The molecule has 4 N–H and O–H groups in total. The van der Waals surface area contributed by atoms with E-state index in [2.05, 4.69) is 11.4 Å². The third kappa shape index (κ3) is 4.46. The summed E-state index contributed by atoms with van der Waals surface area (Å²) in [6.07, 6.45) is 2.32. The molecule has 0 bridgehead atoms. The van der Waals surface area contributed by atoms with Gasteiger partial charge in [-0.2, -0.15) is 0 Å². The van der Waals surface area contributed by atoms with Gasteiger partial charge in [0.25, 0.3) is 0 Å². The molecule has 0 saturated heterocycles. The third-order valence-electron chi connectivity index (χ3n) is 4.77. The Morgan fingerprint density at radius 1 is 1.33 bits per heavy atom. The van der Waals surface area contributed by atoms with Gasteiger partial charge in [-0.3, -0.25) is 5.01 Å². The van der Waals surface area contributed by atoms with Crippen LogP contribution in [0.3, 0.4) is 0 Å². The quantitative estimate of drug-likeness (QED) is 0.310. The molecule has 0 unspecified atom stereocenters. The van der Waals surface area contributed by atoms with Gasteiger partial charge in [-0.15, -0.1) is 0 Å². The van der Waals surface area contributed by atoms with Crippen molar-refractivity contribution in [2.75, 3.05) is 12.4 Å². The van der Waals surface area contributed by atoms with Gasteiger partial charge in [0.05, 0.1) is 0 Å². The lowest BCUT2D eigenvalue weighted by Crippen LogP contribution is -2.37. The molecule has 0 aliphatic heterocycles. The highest BCUT2D eigenvalue weighted by Gasteiger charge is 2.27. The highest BCUT2D eigenvalue weighted by molar-refractivity contribution is 5.96. The zero-order valence-electron chi connectivity index (χ0n) is 16.0. The fraction of sp³-hybridized carbons (Fsp3) is 0.333. The molecule has 142 valence electrons. The summed E-state index contributed by atoms with van der Waals surface area (Å²) >= 11 is 0. The van der Waals surface area contributed by atoms with E-state index in [1.807, 2.05) is 37.3 Å². The number of hydrogen-bond acceptors (Lipinski definition) is 4. The molecule has 0 atom stereocenters. The normalized spacial score (nSPS) is 13.2. The fourth-order valence-corrected chi connectivity index (χ4v) is 3.06. The second-order valence-corrected chi connectivity index (χ2v) is 7.08. The predicted octanol–water partition coefficient (Wildman–Crippen LogP) is 4.18. The van der Waals surface area contributed by atoms with Gasteiger partial charge in [0.2, 0.25) is 0 Å². The molecular weight excluding hydrogens is 340 g/mol. The van der Waals surface area contributed by atoms with Crippen molar-refractivity contribution in [2.45, 2.75) is 39.2 Å². The molecule has 1 saturated carbocycles. The van der Waals surface area contributed by atoms with Gasteiger partial charge in [0, 0.05) is 24.0 Å². The second-order valence-electron chi connectivity index (χ2n) is 7.08. The number of aryl methyl sites for hydroxylation is 1. The zero-order chi connectivity index (χ0) is 19.6. The number of nitrogens with two attached hydrogens (primary N) is 1. The first-order valence-corrected chi connectivity index (χ1v) is 9.07. The summed E-state index contributed by atoms with van der Waals surface area (Å²) in [6.45, 7) is 4.10. The summed E-state index contributed by atoms with van der Waals surface area (Å²) in [5, 5.41) is 11.6. The number of ether oxygens (including phenoxy) is 1. The minimum atomic E-state index is -0.369. The van der Waals surface area contributed by atoms with E-state index in [1.165, 1.54) is 12.6 Å². The molecule has 1 fully saturated rings. The Hall–Kier alpha value is -2.86. The molecule has 0 heterocycles. The minimum Gasteiger partial charge on any atom is -0.489 e. The molecule has 0 spiro atoms. The average molecular weight is 366 g/mol. The fourth-order valence-electron chi connectivity index (χ4n) is 3.06. The Morgan fingerprint density at radius 2 is 2.07 bits per heavy atom. The van der Waals surface area contributed by atoms with Crippen LogP contribution >= 0.6 is 0 Å². The summed E-state index contributed by atoms with van der Waals surface area (Å²) in [7, 11) is 1.51. The Labute approximate surface area is 159 Å². The molecule has 6 heteroatoms. The number of hydrazine groups is 1. The highest BCUT2D eigenvalue weighted by atomic mass is 16.5. The van der Waals surface area contributed by atoms with E-state index >= 15 is 0 Å². The van der Waals surface area contributed by atoms with Gasteiger partial charge in [-0.25, -0.2) is 10.6 Å². The summed E-state index contributed by atoms with van der Waals surface area (Å²) < 4.78 is 6.09. The Balaban J connectivity index is 1.85. The molecule has 27 heavy (non-hydrogen) atoms. The van der Waals surface area contributed by atoms with E-state index in [4.69, 9.17) is 16.0 Å². The maximum absolute atomic E-state index is 12.0. The van der Waals surface area contributed by atoms with Crippen LogP contribution in [0.15, 0.2) is 36.4 Å². The summed E-state index contributed by atoms with van der Waals surface area (Å²) in [6, 6.07) is 11.3. The van der Waals surface area contributed by atoms with Crippen molar-refractivity contribution in [3.8, 4) is 5.75 Å². The van der Waals surface area contributed by atoms with E-state index in [-0.39, 0.29) is 6.03 Å². The van der Waals surface area contributed by atoms with Gasteiger partial charge in [0.1, 0.15) is 12.4 Å². The van der Waals surface area contributed by atoms with Crippen molar-refractivity contribution in [3.05, 3.63) is 58.7 Å². The van der Waals surface area contributed by atoms with Gasteiger partial charge in [-0.05, 0) is 73.6 Å². The number of nitrogens with one attached hydrogen (secondary N) is 2. The standard InChI is InChI=1S/C21H26N4O2/c1-13-11-16(14(2)22)9-10-20(13)27-12-18-17(15-7-8-15)5-4-6-19(18)24-21(26)25(3)23/h4-6,9-11,15,22H,7-8,12,23H2,1-3H3,(H,24,26). The molecule has 3 rings (SSSR count). The second kappa shape index (κ2) is 7.80. The number of benzene rings is 2. The molecule has 2 amide bonds. The topological polar surface area (TPSA) is 91.4 Å². The third-order valence-corrected chi connectivity index (χ3v) is 4.77. The summed E-state index contributed by atoms with van der Waals surface area (Å²) in [4.78, 5) is 12.0. The number of carbonyl (C=O) groups is 1. The summed E-state index contributed by atoms with van der Waals surface area (Å²) in [5.74, 6) is 6.84. The lowest BCUT2D eigenvalue weighted by molar-refractivity contribution is 0.223. The molecule has 1 aliphatic carbocycles. The number of amides is 2. The first-order valence-electron chi connectivity index (χ1n) is 9.07. The smallest absolute Gasteiger partial charge is 0.335 e. The van der Waals surface area contributed by atoms with Crippen LogP contribution < -0.4 is 15.9 Å². The van der Waals surface area contributed by atoms with Crippen LogP contribution in [0.5, 0.6) is 5.75 Å². The van der Waals surface area contributed by atoms with Gasteiger partial charge in [0.15, 0.2) is 0 Å². The van der Waals surface area contributed by atoms with Gasteiger partial charge < -0.3 is 15.5 Å². The average Bonchev–Trinajstić information content (AvgIpc) is 3.46. The lowest BCUT2D eigenvalue weighted by atomic mass is 10.0. The minimum absolute atomic E-state index is 0.361. The maximum atomic E-state index is 12.0. The Kier molecular flexibility index (Phi) is 5.46. The van der Waals surface area contributed by atoms with Crippen LogP contribution in [0.2, 0.25) is 0 Å². The van der Waals surface area contributed by atoms with Crippen LogP contribution in [0, 0.1) is 12.3 Å². The van der Waals surface area contributed by atoms with Crippen molar-refractivity contribution in [3.63, 3.8) is 0 Å². The van der Waals surface area contributed by atoms with E-state index in [0.717, 1.165) is 46.0 Å². The Bertz CT molecular complexity index is 872. The number of urea groups is 1. The van der Waals surface area contributed by atoms with E-state index < -0.39 is 0 Å². The number of hydrogen-bond donors (Lipinski definition) is 3. The molecule has 6 nitrogen and oxygen atoms in total. The van der Waals surface area contributed by atoms with E-state index in [0.29, 0.717) is 18.2 Å². The molecule has 0 aromatic heterocycles. The molecule has 0 radical (unpaired) electrons. The molecule has 2 aromatic carbocycles. The maximum Gasteiger partial charge on any atom is 0.335 e. The number of carbonyl (C=O) groups excluding carboxylic acids is 1. The highest BCUT2D eigenvalue weighted by Crippen LogP contribution is 2.43. The largest absolute Gasteiger partial charge is 0.489 e. The molecular formula is C21H26N4O2. The monoisotopic (exact) mass is 366 g/mol. The van der Waals surface area contributed by atoms with Crippen molar-refractivity contribution in [2.24, 2.45) is 5.84 Å². The molecule has 2 aromatic rings. The van der Waals surface area contributed by atoms with Crippen LogP contribution in [0.4, 0.5) is 10.5 Å². The van der Waals surface area contributed by atoms with Crippen LogP contribution in [-0.4, -0.2) is 23.8 Å². The number of nitrogens with zero attached hydrogens (tertiary/aromatic N) is 1. The van der Waals surface area contributed by atoms with Crippen LogP contribution in [-0.2, 0) is 6.61 Å². The Morgan fingerprint density at radius 3 is 2.67 bits per heavy atom. The summed E-state index contributed by atoms with van der Waals surface area (Å²) in [5.41, 5.74) is 5.33. The van der Waals surface area contributed by atoms with E-state index in [1.54, 1.807) is 6.92 Å². The first-order chi connectivity index (χ1) is 12.9. The van der Waals surface area contributed by atoms with Gasteiger partial charge in [-0.1, -0.05) is 12.1 Å². The predicted molar refractivity (Wildman–Crippen MR) is 107 cm³/mol. The first kappa shape index (κ1) is 18.9. The lowest BCUT2D eigenvalue weighted by Gasteiger charge is -2.19. The van der Waals surface area contributed by atoms with Crippen LogP contribution in [0.25, 0.3) is 0 Å².